The number of rotatable bonds is 11. The molecule has 262 valence electrons. The van der Waals surface area contributed by atoms with Gasteiger partial charge in [-0.2, -0.15) is 0 Å². The first-order valence-electron chi connectivity index (χ1n) is 18.0. The van der Waals surface area contributed by atoms with Gasteiger partial charge in [0.25, 0.3) is 0 Å². The molecular weight excluding hydrogens is 741 g/mol. The highest BCUT2D eigenvalue weighted by molar-refractivity contribution is 14.1. The summed E-state index contributed by atoms with van der Waals surface area (Å²) in [6.07, 6.45) is 9.48. The van der Waals surface area contributed by atoms with Crippen LogP contribution in [0.4, 0.5) is 0 Å². The average molecular weight is 788 g/mol. The summed E-state index contributed by atoms with van der Waals surface area (Å²) in [6, 6.07) is 20.2. The number of ether oxygens (including phenoxy) is 2. The number of phenolic OH excluding ortho intramolecular Hbond substituents is 1. The second kappa shape index (κ2) is 15.4. The zero-order valence-corrected chi connectivity index (χ0v) is 31.1. The summed E-state index contributed by atoms with van der Waals surface area (Å²) in [7, 11) is 1.56. The average Bonchev–Trinajstić information content (AvgIpc) is 3.67. The number of likely N-dealkylation sites (tertiary alicyclic amines) is 2. The number of phenols is 1. The van der Waals surface area contributed by atoms with Crippen molar-refractivity contribution in [2.75, 3.05) is 26.8 Å². The van der Waals surface area contributed by atoms with Crippen molar-refractivity contribution < 1.29 is 24.2 Å². The Morgan fingerprint density at radius 2 is 1.84 bits per heavy atom. The van der Waals surface area contributed by atoms with E-state index in [4.69, 9.17) is 9.47 Å². The van der Waals surface area contributed by atoms with E-state index in [1.165, 1.54) is 16.7 Å². The first-order valence-corrected chi connectivity index (χ1v) is 19.1. The van der Waals surface area contributed by atoms with Crippen LogP contribution in [0.2, 0.25) is 0 Å². The number of hydrogen-bond donors (Lipinski definition) is 1. The number of carbonyl (C=O) groups excluding carboxylic acids is 2. The number of carbonyl (C=O) groups is 2. The first kappa shape index (κ1) is 34.9. The van der Waals surface area contributed by atoms with Crippen molar-refractivity contribution in [3.05, 3.63) is 98.4 Å². The third-order valence-corrected chi connectivity index (χ3v) is 11.9. The molecule has 8 nitrogen and oxygen atoms in total. The van der Waals surface area contributed by atoms with E-state index in [9.17, 15) is 14.7 Å². The molecule has 3 aromatic rings. The fourth-order valence-electron chi connectivity index (χ4n) is 8.72. The Hall–Kier alpha value is -3.54. The van der Waals surface area contributed by atoms with Crippen molar-refractivity contribution in [3.63, 3.8) is 0 Å². The van der Waals surface area contributed by atoms with Crippen LogP contribution in [0.15, 0.2) is 78.0 Å². The summed E-state index contributed by atoms with van der Waals surface area (Å²) < 4.78 is 12.7. The highest BCUT2D eigenvalue weighted by Gasteiger charge is 2.58. The summed E-state index contributed by atoms with van der Waals surface area (Å²) in [5.74, 6) is -0.0377. The Bertz CT molecular complexity index is 1770. The number of aromatic hydroxyl groups is 1. The lowest BCUT2D eigenvalue weighted by molar-refractivity contribution is -0.144. The molecule has 2 amide bonds. The molecule has 3 saturated heterocycles. The number of nitrogens with zero attached hydrogens (tertiary/aromatic N) is 3. The third kappa shape index (κ3) is 7.01. The van der Waals surface area contributed by atoms with Crippen LogP contribution in [0, 0.1) is 21.3 Å². The van der Waals surface area contributed by atoms with E-state index in [0.717, 1.165) is 68.6 Å². The zero-order chi connectivity index (χ0) is 34.8. The number of halogens is 1. The maximum absolute atomic E-state index is 14.3. The van der Waals surface area contributed by atoms with Gasteiger partial charge in [-0.3, -0.25) is 24.4 Å². The van der Waals surface area contributed by atoms with Gasteiger partial charge in [0.2, 0.25) is 11.8 Å². The minimum absolute atomic E-state index is 0.0220. The highest BCUT2D eigenvalue weighted by atomic mass is 127. The standard InChI is InChI=1S/C41H46IN3O5/c1-3-9-29-23-31-38(41(48)45(40(31)47)30-15-18-44(19-16-30)24-26-10-5-4-6-11-26)32-25-50-35(37(29)32)14-13-28(34-12-7-8-17-43-34)20-27-21-33(42)39(46)36(22-27)49-2/h4-8,10-12,17,20-22,30-32,35,38,46H,3,9,13-16,18-19,23-25H2,1-2H3/b28-20-/t31-,32+,35-,38-/m1/s1. The predicted molar refractivity (Wildman–Crippen MR) is 202 cm³/mol. The monoisotopic (exact) mass is 787 g/mol. The number of fused-ring (bicyclic) bond motifs is 3. The molecule has 7 rings (SSSR count). The number of aromatic nitrogens is 1. The van der Waals surface area contributed by atoms with Crippen LogP contribution < -0.4 is 4.74 Å². The summed E-state index contributed by atoms with van der Waals surface area (Å²) in [5, 5.41) is 10.4. The molecule has 0 saturated carbocycles. The quantitative estimate of drug-likeness (QED) is 0.122. The van der Waals surface area contributed by atoms with Gasteiger partial charge >= 0.3 is 0 Å². The summed E-state index contributed by atoms with van der Waals surface area (Å²) in [4.78, 5) is 37.1. The second-order valence-electron chi connectivity index (χ2n) is 14.1. The lowest BCUT2D eigenvalue weighted by Gasteiger charge is -2.36. The van der Waals surface area contributed by atoms with Gasteiger partial charge in [-0.05, 0) is 114 Å². The van der Waals surface area contributed by atoms with Gasteiger partial charge in [0.15, 0.2) is 11.5 Å². The van der Waals surface area contributed by atoms with Gasteiger partial charge in [-0.25, -0.2) is 0 Å². The van der Waals surface area contributed by atoms with Crippen molar-refractivity contribution in [1.82, 2.24) is 14.8 Å². The number of amides is 2. The third-order valence-electron chi connectivity index (χ3n) is 11.0. The lowest BCUT2D eigenvalue weighted by atomic mass is 9.68. The SMILES string of the molecule is CCCC1=C2[C@@H](CC/C(=C/c3cc(I)c(O)c(OC)c3)c3ccccn3)OC[C@@H]2[C@@H]2C(=O)N(C3CCN(Cc4ccccc4)CC3)C(=O)[C@@H]2C1. The fourth-order valence-corrected chi connectivity index (χ4v) is 9.35. The zero-order valence-electron chi connectivity index (χ0n) is 28.9. The van der Waals surface area contributed by atoms with Crippen LogP contribution in [0.3, 0.4) is 0 Å². The van der Waals surface area contributed by atoms with E-state index in [2.05, 4.69) is 69.7 Å². The van der Waals surface area contributed by atoms with Gasteiger partial charge in [-0.15, -0.1) is 0 Å². The van der Waals surface area contributed by atoms with E-state index in [1.54, 1.807) is 18.2 Å². The van der Waals surface area contributed by atoms with Gasteiger partial charge in [0, 0.05) is 37.8 Å². The molecule has 9 heteroatoms. The van der Waals surface area contributed by atoms with Crippen LogP contribution in [0.25, 0.3) is 11.6 Å². The molecule has 1 aromatic heterocycles. The number of imide groups is 1. The van der Waals surface area contributed by atoms with E-state index >= 15 is 0 Å². The number of methoxy groups -OCH3 is 1. The summed E-state index contributed by atoms with van der Waals surface area (Å²) >= 11 is 2.12. The molecule has 3 fully saturated rings. The van der Waals surface area contributed by atoms with Gasteiger partial charge in [0.05, 0.1) is 40.9 Å². The minimum Gasteiger partial charge on any atom is -0.504 e. The lowest BCUT2D eigenvalue weighted by Crippen LogP contribution is -2.47. The fraction of sp³-hybridized carbons (Fsp3) is 0.439. The highest BCUT2D eigenvalue weighted by Crippen LogP contribution is 2.51. The minimum atomic E-state index is -0.331. The van der Waals surface area contributed by atoms with Gasteiger partial charge < -0.3 is 14.6 Å². The van der Waals surface area contributed by atoms with Crippen molar-refractivity contribution in [2.45, 2.75) is 70.6 Å². The molecule has 0 unspecified atom stereocenters. The Kier molecular flexibility index (Phi) is 10.7. The number of hydrogen-bond acceptors (Lipinski definition) is 7. The molecule has 50 heavy (non-hydrogen) atoms. The topological polar surface area (TPSA) is 92.2 Å². The Balaban J connectivity index is 1.08. The number of pyridine rings is 1. The molecule has 0 radical (unpaired) electrons. The van der Waals surface area contributed by atoms with E-state index in [0.29, 0.717) is 28.8 Å². The molecule has 0 spiro atoms. The largest absolute Gasteiger partial charge is 0.504 e. The summed E-state index contributed by atoms with van der Waals surface area (Å²) in [5.41, 5.74) is 6.75. The molecular formula is C41H46IN3O5. The van der Waals surface area contributed by atoms with E-state index in [-0.39, 0.29) is 47.5 Å². The van der Waals surface area contributed by atoms with Crippen molar-refractivity contribution >= 4 is 46.1 Å². The normalized spacial score (nSPS) is 24.5. The van der Waals surface area contributed by atoms with Crippen LogP contribution >= 0.6 is 22.6 Å². The van der Waals surface area contributed by atoms with Crippen molar-refractivity contribution in [1.29, 1.82) is 0 Å². The van der Waals surface area contributed by atoms with Gasteiger partial charge in [-0.1, -0.05) is 55.3 Å². The van der Waals surface area contributed by atoms with E-state index in [1.807, 2.05) is 36.4 Å². The second-order valence-corrected chi connectivity index (χ2v) is 15.3. The van der Waals surface area contributed by atoms with Crippen LogP contribution in [-0.2, 0) is 20.9 Å². The van der Waals surface area contributed by atoms with Gasteiger partial charge in [0.1, 0.15) is 0 Å². The van der Waals surface area contributed by atoms with Crippen molar-refractivity contribution in [2.24, 2.45) is 17.8 Å². The predicted octanol–water partition coefficient (Wildman–Crippen LogP) is 7.50. The number of benzene rings is 2. The Morgan fingerprint density at radius 3 is 2.56 bits per heavy atom. The molecule has 1 aliphatic carbocycles. The Labute approximate surface area is 308 Å². The number of piperidine rings is 1. The molecule has 1 N–H and O–H groups in total. The van der Waals surface area contributed by atoms with Crippen molar-refractivity contribution in [3.8, 4) is 11.5 Å². The molecule has 0 bridgehead atoms. The molecule has 4 aliphatic rings. The first-order chi connectivity index (χ1) is 24.4. The summed E-state index contributed by atoms with van der Waals surface area (Å²) in [6.45, 7) is 5.33. The smallest absolute Gasteiger partial charge is 0.234 e. The van der Waals surface area contributed by atoms with Crippen LogP contribution in [0.1, 0.15) is 68.7 Å². The molecule has 3 aliphatic heterocycles. The maximum Gasteiger partial charge on any atom is 0.234 e. The number of allylic oxidation sites excluding steroid dienone is 2. The van der Waals surface area contributed by atoms with Crippen LogP contribution in [-0.4, -0.2) is 70.7 Å². The van der Waals surface area contributed by atoms with Crippen LogP contribution in [0.5, 0.6) is 11.5 Å². The Morgan fingerprint density at radius 1 is 1.06 bits per heavy atom. The maximum atomic E-state index is 14.3. The van der Waals surface area contributed by atoms with E-state index < -0.39 is 0 Å². The molecule has 2 aromatic carbocycles. The molecule has 4 heterocycles. The molecule has 4 atom stereocenters.